The highest BCUT2D eigenvalue weighted by atomic mass is 16.5. The Balaban J connectivity index is 2.35. The number of hydrogen-bond acceptors (Lipinski definition) is 5. The van der Waals surface area contributed by atoms with E-state index in [9.17, 15) is 4.79 Å². The van der Waals surface area contributed by atoms with Crippen LogP contribution in [-0.2, 0) is 0 Å². The zero-order valence-electron chi connectivity index (χ0n) is 9.26. The molecule has 0 atom stereocenters. The SMILES string of the molecule is Cc1cc(=O)n2[nH]cc(-c3nc(C)no3)c2n1. The zero-order valence-corrected chi connectivity index (χ0v) is 9.26. The second kappa shape index (κ2) is 3.27. The minimum atomic E-state index is -0.171. The summed E-state index contributed by atoms with van der Waals surface area (Å²) in [6.45, 7) is 3.49. The van der Waals surface area contributed by atoms with Crippen LogP contribution in [0.3, 0.4) is 0 Å². The molecule has 86 valence electrons. The number of aryl methyl sites for hydroxylation is 2. The van der Waals surface area contributed by atoms with Gasteiger partial charge in [-0.05, 0) is 13.8 Å². The van der Waals surface area contributed by atoms with E-state index in [1.807, 2.05) is 0 Å². The van der Waals surface area contributed by atoms with Crippen LogP contribution in [0.5, 0.6) is 0 Å². The lowest BCUT2D eigenvalue weighted by atomic mass is 10.3. The van der Waals surface area contributed by atoms with Crippen molar-refractivity contribution in [1.29, 1.82) is 0 Å². The summed E-state index contributed by atoms with van der Waals surface area (Å²) in [5.74, 6) is 0.883. The van der Waals surface area contributed by atoms with E-state index in [4.69, 9.17) is 4.52 Å². The first-order valence-electron chi connectivity index (χ1n) is 5.03. The summed E-state index contributed by atoms with van der Waals surface area (Å²) >= 11 is 0. The van der Waals surface area contributed by atoms with Gasteiger partial charge in [0.15, 0.2) is 11.5 Å². The fourth-order valence-electron chi connectivity index (χ4n) is 1.66. The molecule has 0 saturated carbocycles. The molecule has 0 unspecified atom stereocenters. The van der Waals surface area contributed by atoms with Crippen molar-refractivity contribution in [2.75, 3.05) is 0 Å². The second-order valence-electron chi connectivity index (χ2n) is 3.73. The Morgan fingerprint density at radius 2 is 2.18 bits per heavy atom. The lowest BCUT2D eigenvalue weighted by Crippen LogP contribution is -2.14. The molecule has 0 radical (unpaired) electrons. The van der Waals surface area contributed by atoms with Crippen LogP contribution in [0.4, 0.5) is 0 Å². The molecule has 0 bridgehead atoms. The molecule has 0 aromatic carbocycles. The van der Waals surface area contributed by atoms with Gasteiger partial charge in [0.05, 0.1) is 0 Å². The van der Waals surface area contributed by atoms with E-state index in [0.717, 1.165) is 0 Å². The molecular formula is C10H9N5O2. The topological polar surface area (TPSA) is 89.1 Å². The normalized spacial score (nSPS) is 11.2. The summed E-state index contributed by atoms with van der Waals surface area (Å²) in [5.41, 5.74) is 1.58. The molecule has 7 heteroatoms. The van der Waals surface area contributed by atoms with Crippen molar-refractivity contribution < 1.29 is 4.52 Å². The summed E-state index contributed by atoms with van der Waals surface area (Å²) in [6.07, 6.45) is 1.62. The van der Waals surface area contributed by atoms with Crippen molar-refractivity contribution in [1.82, 2.24) is 24.7 Å². The molecule has 0 amide bonds. The summed E-state index contributed by atoms with van der Waals surface area (Å²) in [7, 11) is 0. The van der Waals surface area contributed by atoms with Crippen molar-refractivity contribution in [3.05, 3.63) is 34.1 Å². The lowest BCUT2D eigenvalue weighted by molar-refractivity contribution is 0.426. The van der Waals surface area contributed by atoms with Gasteiger partial charge in [-0.1, -0.05) is 5.16 Å². The molecule has 0 aliphatic heterocycles. The van der Waals surface area contributed by atoms with Crippen LogP contribution in [-0.4, -0.2) is 24.7 Å². The molecule has 3 aromatic heterocycles. The van der Waals surface area contributed by atoms with Gasteiger partial charge in [0.2, 0.25) is 0 Å². The third-order valence-corrected chi connectivity index (χ3v) is 2.38. The fourth-order valence-corrected chi connectivity index (χ4v) is 1.66. The van der Waals surface area contributed by atoms with Crippen LogP contribution < -0.4 is 5.56 Å². The van der Waals surface area contributed by atoms with E-state index in [-0.39, 0.29) is 5.56 Å². The van der Waals surface area contributed by atoms with E-state index < -0.39 is 0 Å². The van der Waals surface area contributed by atoms with Crippen LogP contribution in [0, 0.1) is 13.8 Å². The molecule has 0 aliphatic rings. The van der Waals surface area contributed by atoms with Gasteiger partial charge in [0.1, 0.15) is 5.56 Å². The monoisotopic (exact) mass is 231 g/mol. The van der Waals surface area contributed by atoms with Crippen LogP contribution >= 0.6 is 0 Å². The highest BCUT2D eigenvalue weighted by Gasteiger charge is 2.14. The van der Waals surface area contributed by atoms with E-state index in [2.05, 4.69) is 20.2 Å². The molecule has 7 nitrogen and oxygen atoms in total. The first kappa shape index (κ1) is 9.76. The van der Waals surface area contributed by atoms with Crippen molar-refractivity contribution >= 4 is 5.65 Å². The minimum absolute atomic E-state index is 0.171. The molecule has 0 spiro atoms. The minimum Gasteiger partial charge on any atom is -0.334 e. The zero-order chi connectivity index (χ0) is 12.0. The summed E-state index contributed by atoms with van der Waals surface area (Å²) < 4.78 is 6.40. The van der Waals surface area contributed by atoms with Crippen molar-refractivity contribution in [3.63, 3.8) is 0 Å². The van der Waals surface area contributed by atoms with Crippen molar-refractivity contribution in [2.24, 2.45) is 0 Å². The number of rotatable bonds is 1. The first-order valence-corrected chi connectivity index (χ1v) is 5.03. The Kier molecular flexibility index (Phi) is 1.88. The van der Waals surface area contributed by atoms with Gasteiger partial charge in [-0.3, -0.25) is 9.89 Å². The van der Waals surface area contributed by atoms with Crippen molar-refractivity contribution in [2.45, 2.75) is 13.8 Å². The predicted molar refractivity (Wildman–Crippen MR) is 58.6 cm³/mol. The maximum Gasteiger partial charge on any atom is 0.272 e. The number of H-pyrrole nitrogens is 1. The number of hydrogen-bond donors (Lipinski definition) is 1. The molecule has 3 heterocycles. The summed E-state index contributed by atoms with van der Waals surface area (Å²) in [5, 5.41) is 6.51. The molecule has 17 heavy (non-hydrogen) atoms. The van der Waals surface area contributed by atoms with E-state index in [1.54, 1.807) is 20.0 Å². The molecule has 3 rings (SSSR count). The number of aromatic amines is 1. The predicted octanol–water partition coefficient (Wildman–Crippen LogP) is 0.689. The standard InChI is InChI=1S/C10H9N5O2/c1-5-3-8(16)15-9(12-5)7(4-11-15)10-13-6(2)14-17-10/h3-4,11H,1-2H3. The van der Waals surface area contributed by atoms with E-state index in [1.165, 1.54) is 10.6 Å². The number of nitrogens with zero attached hydrogens (tertiary/aromatic N) is 4. The third-order valence-electron chi connectivity index (χ3n) is 2.38. The quantitative estimate of drug-likeness (QED) is 0.665. The Labute approximate surface area is 95.1 Å². The number of aromatic nitrogens is 5. The maximum absolute atomic E-state index is 11.7. The van der Waals surface area contributed by atoms with Gasteiger partial charge >= 0.3 is 0 Å². The molecule has 0 aliphatic carbocycles. The molecule has 3 aromatic rings. The van der Waals surface area contributed by atoms with Gasteiger partial charge in [-0.25, -0.2) is 9.50 Å². The van der Waals surface area contributed by atoms with Gasteiger partial charge < -0.3 is 4.52 Å². The Morgan fingerprint density at radius 3 is 2.88 bits per heavy atom. The van der Waals surface area contributed by atoms with Crippen LogP contribution in [0.2, 0.25) is 0 Å². The number of nitrogens with one attached hydrogen (secondary N) is 1. The Hall–Kier alpha value is -2.44. The van der Waals surface area contributed by atoms with Crippen LogP contribution in [0.25, 0.3) is 17.1 Å². The highest BCUT2D eigenvalue weighted by Crippen LogP contribution is 2.20. The second-order valence-corrected chi connectivity index (χ2v) is 3.73. The molecule has 0 fully saturated rings. The average molecular weight is 231 g/mol. The van der Waals surface area contributed by atoms with Gasteiger partial charge in [0.25, 0.3) is 11.4 Å². The molecular weight excluding hydrogens is 222 g/mol. The summed E-state index contributed by atoms with van der Waals surface area (Å²) in [4.78, 5) is 20.1. The smallest absolute Gasteiger partial charge is 0.272 e. The van der Waals surface area contributed by atoms with E-state index >= 15 is 0 Å². The number of fused-ring (bicyclic) bond motifs is 1. The van der Waals surface area contributed by atoms with Gasteiger partial charge in [-0.2, -0.15) is 4.98 Å². The largest absolute Gasteiger partial charge is 0.334 e. The average Bonchev–Trinajstić information content (AvgIpc) is 2.83. The lowest BCUT2D eigenvalue weighted by Gasteiger charge is -1.95. The molecule has 0 saturated heterocycles. The molecule has 1 N–H and O–H groups in total. The van der Waals surface area contributed by atoms with Crippen molar-refractivity contribution in [3.8, 4) is 11.5 Å². The van der Waals surface area contributed by atoms with Gasteiger partial charge in [0, 0.05) is 18.0 Å². The summed E-state index contributed by atoms with van der Waals surface area (Å²) in [6, 6.07) is 1.45. The fraction of sp³-hybridized carbons (Fsp3) is 0.200. The van der Waals surface area contributed by atoms with Gasteiger partial charge in [-0.15, -0.1) is 0 Å². The van der Waals surface area contributed by atoms with Crippen LogP contribution in [0.15, 0.2) is 21.6 Å². The first-order chi connectivity index (χ1) is 8.15. The van der Waals surface area contributed by atoms with Crippen LogP contribution in [0.1, 0.15) is 11.5 Å². The Bertz CT molecular complexity index is 751. The van der Waals surface area contributed by atoms with E-state index in [0.29, 0.717) is 28.6 Å². The highest BCUT2D eigenvalue weighted by molar-refractivity contribution is 5.70. The maximum atomic E-state index is 11.7. The third kappa shape index (κ3) is 1.43. The Morgan fingerprint density at radius 1 is 1.35 bits per heavy atom.